The zero-order valence-corrected chi connectivity index (χ0v) is 20.8. The molecule has 9 nitrogen and oxygen atoms in total. The van der Waals surface area contributed by atoms with Crippen LogP contribution < -0.4 is 34.9 Å². The molecule has 0 spiro atoms. The van der Waals surface area contributed by atoms with Crippen LogP contribution in [0.1, 0.15) is 35.2 Å². The summed E-state index contributed by atoms with van der Waals surface area (Å²) in [6.07, 6.45) is 3.85. The molecule has 32 heavy (non-hydrogen) atoms. The predicted molar refractivity (Wildman–Crippen MR) is 113 cm³/mol. The smallest absolute Gasteiger partial charge is 0.870 e. The minimum atomic E-state index is -0.271. The molecule has 3 rings (SSSR count). The number of amides is 1. The molecule has 0 aliphatic carbocycles. The van der Waals surface area contributed by atoms with Crippen LogP contribution in [-0.2, 0) is 13.1 Å². The molecule has 0 unspecified atom stereocenters. The molecule has 160 valence electrons. The molecule has 3 aromatic rings. The number of aryl methyl sites for hydroxylation is 2. The molecule has 11 heteroatoms. The first-order chi connectivity index (χ1) is 14.4. The predicted octanol–water partition coefficient (Wildman–Crippen LogP) is 0.139. The number of nitrogens with zero attached hydrogens (tertiary/aromatic N) is 6. The van der Waals surface area contributed by atoms with Crippen molar-refractivity contribution in [3.8, 4) is 23.4 Å². The van der Waals surface area contributed by atoms with Gasteiger partial charge in [-0.2, -0.15) is 15.6 Å². The number of carbonyl (C=O) groups excluding carboxylic acids is 1. The van der Waals surface area contributed by atoms with E-state index in [1.807, 2.05) is 25.3 Å². The number of hydrogen-bond acceptors (Lipinski definition) is 6. The third-order valence-electron chi connectivity index (χ3n) is 4.54. The van der Waals surface area contributed by atoms with Gasteiger partial charge in [-0.3, -0.25) is 9.48 Å². The third-order valence-corrected chi connectivity index (χ3v) is 4.85. The molecular weight excluding hydrogens is 441 g/mol. The second-order valence-corrected chi connectivity index (χ2v) is 7.29. The molecule has 2 heterocycles. The summed E-state index contributed by atoms with van der Waals surface area (Å²) in [5.74, 6) is 0.424. The van der Waals surface area contributed by atoms with Gasteiger partial charge in [0.15, 0.2) is 0 Å². The molecule has 0 bridgehead atoms. The topological polar surface area (TPSA) is 142 Å². The standard InChI is InChI=1S/C21H20ClN7O.Na.H2O/c1-14(25-21(30)20-13-28(8-3-7-23)15(2)26-20)12-29-9-6-19(27-29)16-4-5-17(11-24)18(22)10-16;;/h4-6,9-10,13-14H,3,8,12H2,1-2H3,(H,25,30);;1H2/q;+1;/p-1/t14-;;/m0../s1. The van der Waals surface area contributed by atoms with E-state index in [2.05, 4.69) is 21.5 Å². The van der Waals surface area contributed by atoms with Crippen LogP contribution in [0.4, 0.5) is 0 Å². The SMILES string of the molecule is Cc1nc(C(=O)N[C@@H](C)Cn2ccc(-c3ccc(C#N)c(Cl)c3)n2)cn1CCC#N.[Na+].[OH-]. The first kappa shape index (κ1) is 27.4. The number of nitriles is 2. The molecule has 1 atom stereocenters. The fourth-order valence-corrected chi connectivity index (χ4v) is 3.24. The molecule has 1 amide bonds. The van der Waals surface area contributed by atoms with Gasteiger partial charge in [-0.05, 0) is 32.0 Å². The maximum Gasteiger partial charge on any atom is 1.00 e. The number of rotatable bonds is 7. The van der Waals surface area contributed by atoms with E-state index in [1.54, 1.807) is 40.6 Å². The zero-order chi connectivity index (χ0) is 21.7. The van der Waals surface area contributed by atoms with Crippen molar-refractivity contribution in [2.45, 2.75) is 39.4 Å². The Morgan fingerprint density at radius 1 is 1.31 bits per heavy atom. The molecule has 0 aliphatic rings. The van der Waals surface area contributed by atoms with Crippen molar-refractivity contribution in [2.24, 2.45) is 0 Å². The molecule has 1 aromatic carbocycles. The van der Waals surface area contributed by atoms with E-state index < -0.39 is 0 Å². The van der Waals surface area contributed by atoms with E-state index in [1.165, 1.54) is 0 Å². The van der Waals surface area contributed by atoms with Crippen LogP contribution in [0, 0.1) is 29.6 Å². The first-order valence-corrected chi connectivity index (χ1v) is 9.74. The van der Waals surface area contributed by atoms with Crippen LogP contribution in [0.25, 0.3) is 11.3 Å². The Kier molecular flexibility index (Phi) is 10.6. The maximum atomic E-state index is 12.5. The van der Waals surface area contributed by atoms with Crippen molar-refractivity contribution in [1.29, 1.82) is 10.5 Å². The maximum absolute atomic E-state index is 12.5. The summed E-state index contributed by atoms with van der Waals surface area (Å²) < 4.78 is 3.54. The average Bonchev–Trinajstić information content (AvgIpc) is 3.32. The molecule has 2 aromatic heterocycles. The summed E-state index contributed by atoms with van der Waals surface area (Å²) in [6, 6.07) is 11.0. The average molecular weight is 462 g/mol. The van der Waals surface area contributed by atoms with Gasteiger partial charge in [0.2, 0.25) is 0 Å². The Hall–Kier alpha value is -2.66. The van der Waals surface area contributed by atoms with Gasteiger partial charge in [0, 0.05) is 30.5 Å². The molecule has 2 N–H and O–H groups in total. The molecular formula is C21H21ClN7NaO2. The van der Waals surface area contributed by atoms with Crippen LogP contribution >= 0.6 is 11.6 Å². The van der Waals surface area contributed by atoms with Crippen LogP contribution in [0.15, 0.2) is 36.7 Å². The van der Waals surface area contributed by atoms with E-state index in [0.717, 1.165) is 11.3 Å². The van der Waals surface area contributed by atoms with Crippen molar-refractivity contribution in [3.63, 3.8) is 0 Å². The van der Waals surface area contributed by atoms with Gasteiger partial charge in [0.25, 0.3) is 5.91 Å². The van der Waals surface area contributed by atoms with Gasteiger partial charge in [-0.15, -0.1) is 0 Å². The number of hydrogen-bond donors (Lipinski definition) is 1. The largest absolute Gasteiger partial charge is 1.00 e. The fraction of sp³-hybridized carbons (Fsp3) is 0.286. The van der Waals surface area contributed by atoms with Gasteiger partial charge < -0.3 is 15.4 Å². The van der Waals surface area contributed by atoms with Gasteiger partial charge in [0.1, 0.15) is 17.6 Å². The Morgan fingerprint density at radius 2 is 2.06 bits per heavy atom. The Balaban J connectivity index is 0.00000256. The number of carbonyl (C=O) groups is 1. The van der Waals surface area contributed by atoms with Crippen LogP contribution in [0.5, 0.6) is 0 Å². The molecule has 0 aliphatic heterocycles. The van der Waals surface area contributed by atoms with Crippen molar-refractivity contribution in [2.75, 3.05) is 0 Å². The summed E-state index contributed by atoms with van der Waals surface area (Å²) in [7, 11) is 0. The fourth-order valence-electron chi connectivity index (χ4n) is 3.02. The van der Waals surface area contributed by atoms with E-state index >= 15 is 0 Å². The Morgan fingerprint density at radius 3 is 2.72 bits per heavy atom. The number of imidazole rings is 1. The first-order valence-electron chi connectivity index (χ1n) is 9.36. The summed E-state index contributed by atoms with van der Waals surface area (Å²) in [5.41, 5.74) is 2.28. The van der Waals surface area contributed by atoms with Gasteiger partial charge >= 0.3 is 29.6 Å². The normalized spacial score (nSPS) is 10.8. The third kappa shape index (κ3) is 6.67. The summed E-state index contributed by atoms with van der Waals surface area (Å²) in [5, 5.41) is 25.5. The number of halogens is 1. The van der Waals surface area contributed by atoms with Crippen molar-refractivity contribution in [1.82, 2.24) is 24.6 Å². The number of aromatic nitrogens is 4. The minimum absolute atomic E-state index is 0. The van der Waals surface area contributed by atoms with Gasteiger partial charge in [-0.25, -0.2) is 4.98 Å². The van der Waals surface area contributed by atoms with Crippen molar-refractivity contribution < 1.29 is 39.8 Å². The monoisotopic (exact) mass is 461 g/mol. The number of nitrogens with one attached hydrogen (secondary N) is 1. The molecule has 0 saturated heterocycles. The summed E-state index contributed by atoms with van der Waals surface area (Å²) >= 11 is 6.10. The Labute approximate surface area is 213 Å². The minimum Gasteiger partial charge on any atom is -0.870 e. The zero-order valence-electron chi connectivity index (χ0n) is 18.1. The van der Waals surface area contributed by atoms with E-state index in [4.69, 9.17) is 22.1 Å². The van der Waals surface area contributed by atoms with E-state index in [0.29, 0.717) is 41.6 Å². The van der Waals surface area contributed by atoms with Gasteiger partial charge in [-0.1, -0.05) is 17.7 Å². The quantitative estimate of drug-likeness (QED) is 0.496. The molecule has 0 radical (unpaired) electrons. The van der Waals surface area contributed by atoms with Gasteiger partial charge in [0.05, 0.1) is 35.3 Å². The second-order valence-electron chi connectivity index (χ2n) is 6.88. The summed E-state index contributed by atoms with van der Waals surface area (Å²) in [6.45, 7) is 4.67. The molecule has 0 fully saturated rings. The van der Waals surface area contributed by atoms with E-state index in [-0.39, 0.29) is 47.0 Å². The van der Waals surface area contributed by atoms with Crippen LogP contribution in [0.2, 0.25) is 5.02 Å². The molecule has 0 saturated carbocycles. The van der Waals surface area contributed by atoms with Crippen molar-refractivity contribution in [3.05, 3.63) is 58.8 Å². The van der Waals surface area contributed by atoms with E-state index in [9.17, 15) is 4.79 Å². The van der Waals surface area contributed by atoms with Crippen LogP contribution in [-0.4, -0.2) is 36.8 Å². The Bertz CT molecular complexity index is 1160. The number of benzene rings is 1. The van der Waals surface area contributed by atoms with Crippen molar-refractivity contribution >= 4 is 17.5 Å². The van der Waals surface area contributed by atoms with Crippen LogP contribution in [0.3, 0.4) is 0 Å². The summed E-state index contributed by atoms with van der Waals surface area (Å²) in [4.78, 5) is 16.8. The second kappa shape index (κ2) is 12.4.